The highest BCUT2D eigenvalue weighted by Gasteiger charge is 2.18. The normalized spacial score (nSPS) is 13.4. The average molecular weight is 330 g/mol. The lowest BCUT2D eigenvalue weighted by Gasteiger charge is -2.22. The van der Waals surface area contributed by atoms with Crippen molar-refractivity contribution >= 4 is 21.8 Å². The van der Waals surface area contributed by atoms with Crippen LogP contribution in [-0.4, -0.2) is 27.1 Å². The number of hydrogen-bond acceptors (Lipinski definition) is 2. The van der Waals surface area contributed by atoms with Crippen molar-refractivity contribution in [1.82, 2.24) is 15.1 Å². The van der Waals surface area contributed by atoms with Crippen LogP contribution in [0.3, 0.4) is 0 Å². The van der Waals surface area contributed by atoms with Crippen molar-refractivity contribution in [3.8, 4) is 0 Å². The number of aromatic nitrogens is 2. The van der Waals surface area contributed by atoms with Gasteiger partial charge in [0, 0.05) is 18.4 Å². The van der Waals surface area contributed by atoms with Gasteiger partial charge < -0.3 is 5.32 Å². The van der Waals surface area contributed by atoms with Crippen LogP contribution >= 0.6 is 15.9 Å². The highest BCUT2D eigenvalue weighted by molar-refractivity contribution is 9.09. The third-order valence-electron chi connectivity index (χ3n) is 2.84. The van der Waals surface area contributed by atoms with Gasteiger partial charge in [-0.05, 0) is 24.3 Å². The minimum atomic E-state index is -0.0620. The topological polar surface area (TPSA) is 46.9 Å². The summed E-state index contributed by atoms with van der Waals surface area (Å²) in [6.07, 6.45) is 1.85. The molecular weight excluding hydrogens is 306 g/mol. The largest absolute Gasteiger partial charge is 0.350 e. The molecule has 0 aliphatic carbocycles. The zero-order chi connectivity index (χ0) is 14.6. The molecule has 0 spiro atoms. The zero-order valence-electron chi connectivity index (χ0n) is 12.5. The van der Waals surface area contributed by atoms with E-state index >= 15 is 0 Å². The molecular formula is C14H24BrN3O. The Morgan fingerprint density at radius 2 is 2.16 bits per heavy atom. The molecule has 1 unspecified atom stereocenters. The SMILES string of the molecule is CCc1cc(C(=O)NCC(Br)CC(C)(C)C)n(C)n1. The number of nitrogens with zero attached hydrogens (tertiary/aromatic N) is 2. The Hall–Kier alpha value is -0.840. The van der Waals surface area contributed by atoms with E-state index in [0.29, 0.717) is 12.2 Å². The molecule has 1 aromatic rings. The molecule has 1 N–H and O–H groups in total. The quantitative estimate of drug-likeness (QED) is 0.844. The number of amides is 1. The van der Waals surface area contributed by atoms with Gasteiger partial charge >= 0.3 is 0 Å². The van der Waals surface area contributed by atoms with Crippen LogP contribution < -0.4 is 5.32 Å². The first-order chi connectivity index (χ1) is 8.73. The number of halogens is 1. The van der Waals surface area contributed by atoms with Gasteiger partial charge in [-0.15, -0.1) is 0 Å². The fraction of sp³-hybridized carbons (Fsp3) is 0.714. The molecule has 0 radical (unpaired) electrons. The Bertz CT molecular complexity index is 434. The number of aryl methyl sites for hydroxylation is 2. The van der Waals surface area contributed by atoms with Crippen LogP contribution in [0.5, 0.6) is 0 Å². The third kappa shape index (κ3) is 5.35. The Morgan fingerprint density at radius 1 is 1.53 bits per heavy atom. The van der Waals surface area contributed by atoms with E-state index in [9.17, 15) is 4.79 Å². The van der Waals surface area contributed by atoms with Gasteiger partial charge in [-0.3, -0.25) is 9.48 Å². The second kappa shape index (κ2) is 6.55. The molecule has 1 aromatic heterocycles. The van der Waals surface area contributed by atoms with E-state index in [2.05, 4.69) is 47.1 Å². The van der Waals surface area contributed by atoms with Gasteiger partial charge in [0.25, 0.3) is 5.91 Å². The smallest absolute Gasteiger partial charge is 0.269 e. The predicted octanol–water partition coefficient (Wildman–Crippen LogP) is 2.91. The number of alkyl halides is 1. The fourth-order valence-electron chi connectivity index (χ4n) is 1.94. The lowest BCUT2D eigenvalue weighted by Crippen LogP contribution is -2.32. The molecule has 0 aromatic carbocycles. The second-order valence-electron chi connectivity index (χ2n) is 6.07. The van der Waals surface area contributed by atoms with Crippen LogP contribution in [-0.2, 0) is 13.5 Å². The van der Waals surface area contributed by atoms with Crippen LogP contribution in [0.1, 0.15) is 50.3 Å². The maximum atomic E-state index is 12.1. The molecule has 1 rings (SSSR count). The summed E-state index contributed by atoms with van der Waals surface area (Å²) in [7, 11) is 1.80. The molecule has 0 fully saturated rings. The van der Waals surface area contributed by atoms with Crippen molar-refractivity contribution in [3.63, 3.8) is 0 Å². The summed E-state index contributed by atoms with van der Waals surface area (Å²) in [5.41, 5.74) is 1.81. The predicted molar refractivity (Wildman–Crippen MR) is 81.7 cm³/mol. The number of carbonyl (C=O) groups is 1. The highest BCUT2D eigenvalue weighted by atomic mass is 79.9. The van der Waals surface area contributed by atoms with Crippen LogP contribution in [0.25, 0.3) is 0 Å². The minimum absolute atomic E-state index is 0.0620. The van der Waals surface area contributed by atoms with E-state index in [1.807, 2.05) is 13.0 Å². The van der Waals surface area contributed by atoms with Gasteiger partial charge in [-0.25, -0.2) is 0 Å². The van der Waals surface area contributed by atoms with Gasteiger partial charge in [-0.2, -0.15) is 5.10 Å². The molecule has 0 bridgehead atoms. The lowest BCUT2D eigenvalue weighted by molar-refractivity contribution is 0.0943. The third-order valence-corrected chi connectivity index (χ3v) is 3.49. The summed E-state index contributed by atoms with van der Waals surface area (Å²) in [6, 6.07) is 1.85. The first-order valence-electron chi connectivity index (χ1n) is 6.68. The standard InChI is InChI=1S/C14H24BrN3O/c1-6-11-7-12(18(5)17-11)13(19)16-9-10(15)8-14(2,3)4/h7,10H,6,8-9H2,1-5H3,(H,16,19). The van der Waals surface area contributed by atoms with Crippen molar-refractivity contribution < 1.29 is 4.79 Å². The molecule has 1 heterocycles. The molecule has 19 heavy (non-hydrogen) atoms. The average Bonchev–Trinajstić information content (AvgIpc) is 2.65. The van der Waals surface area contributed by atoms with Crippen LogP contribution in [0.2, 0.25) is 0 Å². The zero-order valence-corrected chi connectivity index (χ0v) is 14.0. The van der Waals surface area contributed by atoms with Gasteiger partial charge in [0.1, 0.15) is 5.69 Å². The van der Waals surface area contributed by atoms with Crippen molar-refractivity contribution in [2.24, 2.45) is 12.5 Å². The van der Waals surface area contributed by atoms with Gasteiger partial charge in [0.05, 0.1) is 5.69 Å². The monoisotopic (exact) mass is 329 g/mol. The van der Waals surface area contributed by atoms with Crippen molar-refractivity contribution in [3.05, 3.63) is 17.5 Å². The minimum Gasteiger partial charge on any atom is -0.350 e. The van der Waals surface area contributed by atoms with Crippen LogP contribution in [0, 0.1) is 5.41 Å². The summed E-state index contributed by atoms with van der Waals surface area (Å²) in [6.45, 7) is 9.23. The summed E-state index contributed by atoms with van der Waals surface area (Å²) >= 11 is 3.61. The number of nitrogens with one attached hydrogen (secondary N) is 1. The fourth-order valence-corrected chi connectivity index (χ4v) is 3.08. The Balaban J connectivity index is 2.53. The summed E-state index contributed by atoms with van der Waals surface area (Å²) in [5.74, 6) is -0.0620. The maximum Gasteiger partial charge on any atom is 0.269 e. The first kappa shape index (κ1) is 16.2. The molecule has 108 valence electrons. The number of carbonyl (C=O) groups excluding carboxylic acids is 1. The second-order valence-corrected chi connectivity index (χ2v) is 7.37. The first-order valence-corrected chi connectivity index (χ1v) is 7.59. The van der Waals surface area contributed by atoms with Crippen molar-refractivity contribution in [2.75, 3.05) is 6.54 Å². The molecule has 0 saturated heterocycles. The Kier molecular flexibility index (Phi) is 5.59. The van der Waals surface area contributed by atoms with E-state index in [1.54, 1.807) is 11.7 Å². The molecule has 5 heteroatoms. The van der Waals surface area contributed by atoms with Gasteiger partial charge in [-0.1, -0.05) is 43.6 Å². The summed E-state index contributed by atoms with van der Waals surface area (Å²) < 4.78 is 1.64. The summed E-state index contributed by atoms with van der Waals surface area (Å²) in [5, 5.41) is 7.23. The number of rotatable bonds is 5. The molecule has 0 aliphatic rings. The molecule has 0 saturated carbocycles. The van der Waals surface area contributed by atoms with Crippen LogP contribution in [0.15, 0.2) is 6.07 Å². The van der Waals surface area contributed by atoms with Crippen molar-refractivity contribution in [1.29, 1.82) is 0 Å². The van der Waals surface area contributed by atoms with E-state index in [4.69, 9.17) is 0 Å². The van der Waals surface area contributed by atoms with E-state index in [0.717, 1.165) is 18.5 Å². The van der Waals surface area contributed by atoms with Crippen molar-refractivity contribution in [2.45, 2.75) is 45.4 Å². The highest BCUT2D eigenvalue weighted by Crippen LogP contribution is 2.24. The van der Waals surface area contributed by atoms with E-state index < -0.39 is 0 Å². The molecule has 0 aliphatic heterocycles. The van der Waals surface area contributed by atoms with Gasteiger partial charge in [0.15, 0.2) is 0 Å². The van der Waals surface area contributed by atoms with Gasteiger partial charge in [0.2, 0.25) is 0 Å². The Morgan fingerprint density at radius 3 is 2.63 bits per heavy atom. The van der Waals surface area contributed by atoms with E-state index in [1.165, 1.54) is 0 Å². The molecule has 1 amide bonds. The van der Waals surface area contributed by atoms with E-state index in [-0.39, 0.29) is 16.1 Å². The maximum absolute atomic E-state index is 12.1. The number of hydrogen-bond donors (Lipinski definition) is 1. The Labute approximate surface area is 124 Å². The van der Waals surface area contributed by atoms with Crippen LogP contribution in [0.4, 0.5) is 0 Å². The lowest BCUT2D eigenvalue weighted by atomic mass is 9.90. The molecule has 4 nitrogen and oxygen atoms in total. The molecule has 1 atom stereocenters. The summed E-state index contributed by atoms with van der Waals surface area (Å²) in [4.78, 5) is 12.4.